The van der Waals surface area contributed by atoms with Gasteiger partial charge in [0.1, 0.15) is 48.0 Å². The summed E-state index contributed by atoms with van der Waals surface area (Å²) in [6, 6.07) is -4.50. The molecule has 0 saturated carbocycles. The van der Waals surface area contributed by atoms with Gasteiger partial charge >= 0.3 is 11.9 Å². The molecule has 10 atom stereocenters. The second kappa shape index (κ2) is 32.4. The Morgan fingerprint density at radius 3 is 1.54 bits per heavy atom. The van der Waals surface area contributed by atoms with Crippen molar-refractivity contribution >= 4 is 59.2 Å². The first-order valence-corrected chi connectivity index (χ1v) is 26.0. The van der Waals surface area contributed by atoms with E-state index >= 15 is 0 Å². The number of carboxylic acid groups (broad SMARTS) is 2. The van der Waals surface area contributed by atoms with Crippen molar-refractivity contribution in [2.45, 2.75) is 175 Å². The minimum atomic E-state index is -1.58. The average molecular weight is 1070 g/mol. The van der Waals surface area contributed by atoms with Gasteiger partial charge in [0.05, 0.1) is 18.9 Å². The summed E-state index contributed by atoms with van der Waals surface area (Å²) in [7, 11) is 0. The third kappa shape index (κ3) is 23.2. The summed E-state index contributed by atoms with van der Waals surface area (Å²) in [6.07, 6.45) is 2.60. The number of aromatic hydroxyl groups is 1. The number of aromatic amines is 1. The van der Waals surface area contributed by atoms with Crippen LogP contribution in [0.4, 0.5) is 0 Å². The van der Waals surface area contributed by atoms with E-state index in [2.05, 4.69) is 52.5 Å². The van der Waals surface area contributed by atoms with Gasteiger partial charge in [-0.2, -0.15) is 0 Å². The number of phenols is 1. The first-order valence-electron chi connectivity index (χ1n) is 26.0. The van der Waals surface area contributed by atoms with Crippen molar-refractivity contribution in [3.8, 4) is 5.75 Å². The molecule has 1 aromatic carbocycles. The number of phenolic OH excluding ortho intramolecular Hbond substituents is 1. The molecule has 0 saturated heterocycles. The number of aromatic nitrogens is 2. The molecule has 8 amide bonds. The Balaban J connectivity index is 2.47. The molecule has 0 bridgehead atoms. The Kier molecular flexibility index (Phi) is 27.7. The number of benzene rings is 1. The van der Waals surface area contributed by atoms with Crippen LogP contribution in [-0.2, 0) is 60.8 Å². The minimum absolute atomic E-state index is 0.0110. The number of carbonyl (C=O) groups excluding carboxylic acids is 8. The SMILES string of the molecule is CC[C@H](C)[C@H](N)C(=O)N[C@@H](CC(C)C)C(=O)N[C@H](C(=O)N[C@@H](CCC(=O)O)C(=O)N[C@@H](Cc1cnc[nH]1)C(=O)N[C@@H](CC(C)C)C(=O)N[C@@H](Cc1ccc(O)cc1)C(=O)NCC(=O)N[C@@H](CC(C)C)C(=O)O)[C@@H](C)CC. The maximum absolute atomic E-state index is 14.4. The van der Waals surface area contributed by atoms with Gasteiger partial charge in [-0.15, -0.1) is 0 Å². The summed E-state index contributed by atoms with van der Waals surface area (Å²) in [5.41, 5.74) is 7.01. The van der Waals surface area contributed by atoms with Crippen LogP contribution < -0.4 is 48.3 Å². The normalized spacial score (nSPS) is 15.3. The summed E-state index contributed by atoms with van der Waals surface area (Å²) < 4.78 is 0. The van der Waals surface area contributed by atoms with E-state index in [4.69, 9.17) is 5.73 Å². The first kappa shape index (κ1) is 65.0. The fraction of sp³-hybridized carbons (Fsp3) is 0.635. The molecule has 24 nitrogen and oxygen atoms in total. The van der Waals surface area contributed by atoms with Crippen LogP contribution in [0.2, 0.25) is 0 Å². The van der Waals surface area contributed by atoms with Gasteiger partial charge < -0.3 is 68.6 Å². The second-order valence-corrected chi connectivity index (χ2v) is 20.7. The van der Waals surface area contributed by atoms with E-state index in [9.17, 15) is 63.3 Å². The third-order valence-electron chi connectivity index (χ3n) is 12.7. The lowest BCUT2D eigenvalue weighted by Crippen LogP contribution is -2.61. The van der Waals surface area contributed by atoms with Crippen LogP contribution in [0.3, 0.4) is 0 Å². The molecule has 0 unspecified atom stereocenters. The Hall–Kier alpha value is -7.11. The Bertz CT molecular complexity index is 2240. The highest BCUT2D eigenvalue weighted by molar-refractivity contribution is 5.98. The highest BCUT2D eigenvalue weighted by atomic mass is 16.4. The van der Waals surface area contributed by atoms with Gasteiger partial charge in [0, 0.05) is 31.2 Å². The number of H-pyrrole nitrogens is 1. The van der Waals surface area contributed by atoms with Crippen LogP contribution in [0.15, 0.2) is 36.8 Å². The molecule has 1 heterocycles. The number of amides is 8. The van der Waals surface area contributed by atoms with E-state index in [0.29, 0.717) is 24.1 Å². The quantitative estimate of drug-likeness (QED) is 0.0464. The summed E-state index contributed by atoms with van der Waals surface area (Å²) in [5.74, 6) is -10.1. The Morgan fingerprint density at radius 1 is 0.566 bits per heavy atom. The van der Waals surface area contributed by atoms with E-state index in [1.807, 2.05) is 27.7 Å². The zero-order valence-corrected chi connectivity index (χ0v) is 45.5. The number of hydrogen-bond donors (Lipinski definition) is 13. The van der Waals surface area contributed by atoms with Gasteiger partial charge in [-0.3, -0.25) is 43.2 Å². The smallest absolute Gasteiger partial charge is 0.326 e. The van der Waals surface area contributed by atoms with Gasteiger partial charge in [0.15, 0.2) is 0 Å². The lowest BCUT2D eigenvalue weighted by molar-refractivity contribution is -0.142. The Labute approximate surface area is 444 Å². The predicted octanol–water partition coefficient (Wildman–Crippen LogP) is 0.917. The zero-order valence-electron chi connectivity index (χ0n) is 45.5. The molecule has 0 fully saturated rings. The summed E-state index contributed by atoms with van der Waals surface area (Å²) in [4.78, 5) is 141. The molecule has 14 N–H and O–H groups in total. The molecule has 424 valence electrons. The molecule has 24 heteroatoms. The molecule has 0 aliphatic heterocycles. The van der Waals surface area contributed by atoms with Crippen LogP contribution in [0.5, 0.6) is 5.75 Å². The number of nitrogens with one attached hydrogen (secondary N) is 9. The van der Waals surface area contributed by atoms with Crippen molar-refractivity contribution in [1.29, 1.82) is 0 Å². The largest absolute Gasteiger partial charge is 0.508 e. The fourth-order valence-electron chi connectivity index (χ4n) is 7.89. The monoisotopic (exact) mass is 1070 g/mol. The second-order valence-electron chi connectivity index (χ2n) is 20.7. The molecule has 0 aliphatic rings. The topological polar surface area (TPSA) is 382 Å². The number of carboxylic acids is 2. The maximum Gasteiger partial charge on any atom is 0.326 e. The standard InChI is InChI=1S/C52H83N11O13/c1-11-30(9)43(53)50(73)62-37(20-28(5)6)49(72)63-44(31(10)12-2)51(74)58-35(17-18-42(66)67)46(69)61-39(23-33-24-54-26-56-33)48(71)59-36(19-27(3)4)47(70)60-38(22-32-13-15-34(64)16-14-32)45(68)55-25-41(65)57-40(52(75)76)21-29(7)8/h13-16,24,26-31,35-40,43-44,64H,11-12,17-23,25,53H2,1-10H3,(H,54,56)(H,55,68)(H,57,65)(H,58,74)(H,59,71)(H,60,70)(H,61,69)(H,62,73)(H,63,72)(H,66,67)(H,75,76)/t30-,31-,35-,36-,37-,38-,39-,40-,43-,44-/m0/s1. The lowest BCUT2D eigenvalue weighted by atomic mass is 9.95. The number of aliphatic carboxylic acids is 2. The molecule has 0 radical (unpaired) electrons. The fourth-order valence-corrected chi connectivity index (χ4v) is 7.89. The van der Waals surface area contributed by atoms with E-state index in [1.165, 1.54) is 36.8 Å². The van der Waals surface area contributed by atoms with Crippen molar-refractivity contribution in [3.05, 3.63) is 48.0 Å². The average Bonchev–Trinajstić information content (AvgIpc) is 3.87. The summed E-state index contributed by atoms with van der Waals surface area (Å²) in [5, 5.41) is 49.9. The van der Waals surface area contributed by atoms with Crippen LogP contribution in [0.25, 0.3) is 0 Å². The number of hydrogen-bond acceptors (Lipinski definition) is 13. The van der Waals surface area contributed by atoms with E-state index in [0.717, 1.165) is 0 Å². The van der Waals surface area contributed by atoms with Crippen molar-refractivity contribution in [3.63, 3.8) is 0 Å². The highest BCUT2D eigenvalue weighted by Crippen LogP contribution is 2.16. The molecular weight excluding hydrogens is 987 g/mol. The van der Waals surface area contributed by atoms with Crippen LogP contribution in [-0.4, -0.2) is 139 Å². The Morgan fingerprint density at radius 2 is 1.04 bits per heavy atom. The van der Waals surface area contributed by atoms with E-state index in [-0.39, 0.29) is 61.5 Å². The van der Waals surface area contributed by atoms with Crippen LogP contribution in [0, 0.1) is 29.6 Å². The predicted molar refractivity (Wildman–Crippen MR) is 280 cm³/mol. The number of nitrogens with two attached hydrogens (primary N) is 1. The maximum atomic E-state index is 14.4. The summed E-state index contributed by atoms with van der Waals surface area (Å²) >= 11 is 0. The third-order valence-corrected chi connectivity index (χ3v) is 12.7. The molecule has 2 rings (SSSR count). The zero-order chi connectivity index (χ0) is 57.4. The highest BCUT2D eigenvalue weighted by Gasteiger charge is 2.36. The number of carbonyl (C=O) groups is 10. The molecule has 1 aromatic heterocycles. The molecule has 2 aromatic rings. The number of rotatable bonds is 34. The van der Waals surface area contributed by atoms with Gasteiger partial charge in [-0.25, -0.2) is 9.78 Å². The van der Waals surface area contributed by atoms with Crippen molar-refractivity contribution in [2.24, 2.45) is 35.3 Å². The molecule has 0 aliphatic carbocycles. The van der Waals surface area contributed by atoms with Gasteiger partial charge in [-0.1, -0.05) is 94.2 Å². The molecular formula is C52H83N11O13. The summed E-state index contributed by atoms with van der Waals surface area (Å²) in [6.45, 7) is 17.3. The van der Waals surface area contributed by atoms with Crippen molar-refractivity contribution in [1.82, 2.24) is 52.5 Å². The van der Waals surface area contributed by atoms with Crippen molar-refractivity contribution in [2.75, 3.05) is 6.54 Å². The van der Waals surface area contributed by atoms with E-state index in [1.54, 1.807) is 41.5 Å². The molecule has 0 spiro atoms. The van der Waals surface area contributed by atoms with Crippen LogP contribution >= 0.6 is 0 Å². The lowest BCUT2D eigenvalue weighted by Gasteiger charge is -2.30. The number of imidazole rings is 1. The van der Waals surface area contributed by atoms with Crippen LogP contribution in [0.1, 0.15) is 125 Å². The van der Waals surface area contributed by atoms with Gasteiger partial charge in [0.25, 0.3) is 0 Å². The van der Waals surface area contributed by atoms with Gasteiger partial charge in [0.2, 0.25) is 47.3 Å². The number of nitrogens with zero attached hydrogens (tertiary/aromatic N) is 1. The van der Waals surface area contributed by atoms with E-state index < -0.39 is 133 Å². The first-order chi connectivity index (χ1) is 35.6. The molecule has 76 heavy (non-hydrogen) atoms. The van der Waals surface area contributed by atoms with Crippen molar-refractivity contribution < 1.29 is 63.3 Å². The van der Waals surface area contributed by atoms with Gasteiger partial charge in [-0.05, 0) is 73.0 Å². The minimum Gasteiger partial charge on any atom is -0.508 e.